The molecule has 0 spiro atoms. The number of carbonyl (C=O) groups is 1. The van der Waals surface area contributed by atoms with Crippen LogP contribution in [0.15, 0.2) is 21.6 Å². The predicted molar refractivity (Wildman–Crippen MR) is 95.2 cm³/mol. The fourth-order valence-corrected chi connectivity index (χ4v) is 3.50. The summed E-state index contributed by atoms with van der Waals surface area (Å²) < 4.78 is 0. The molecule has 1 atom stereocenters. The molecule has 0 aliphatic rings. The van der Waals surface area contributed by atoms with E-state index in [1.807, 2.05) is 18.4 Å². The molecule has 0 aliphatic heterocycles. The van der Waals surface area contributed by atoms with Gasteiger partial charge in [0.05, 0.1) is 0 Å². The van der Waals surface area contributed by atoms with Gasteiger partial charge in [-0.15, -0.1) is 0 Å². The van der Waals surface area contributed by atoms with Crippen LogP contribution in [-0.2, 0) is 17.6 Å². The first-order chi connectivity index (χ1) is 11.4. The lowest BCUT2D eigenvalue weighted by Gasteiger charge is -2.14. The van der Waals surface area contributed by atoms with E-state index in [1.165, 1.54) is 5.56 Å². The van der Waals surface area contributed by atoms with Crippen LogP contribution < -0.4 is 10.9 Å². The first-order valence-corrected chi connectivity index (χ1v) is 8.79. The van der Waals surface area contributed by atoms with Crippen LogP contribution in [0, 0.1) is 25.2 Å². The summed E-state index contributed by atoms with van der Waals surface area (Å²) in [5.41, 5.74) is 3.23. The Morgan fingerprint density at radius 3 is 2.83 bits per heavy atom. The van der Waals surface area contributed by atoms with Crippen molar-refractivity contribution in [3.63, 3.8) is 0 Å². The highest BCUT2D eigenvalue weighted by Gasteiger charge is 2.14. The van der Waals surface area contributed by atoms with Crippen LogP contribution in [0.2, 0.25) is 0 Å². The van der Waals surface area contributed by atoms with Crippen molar-refractivity contribution in [1.29, 1.82) is 5.26 Å². The molecule has 0 saturated carbocycles. The molecule has 0 aliphatic carbocycles. The zero-order valence-electron chi connectivity index (χ0n) is 14.1. The van der Waals surface area contributed by atoms with Gasteiger partial charge in [0.1, 0.15) is 11.6 Å². The van der Waals surface area contributed by atoms with Gasteiger partial charge >= 0.3 is 0 Å². The largest absolute Gasteiger partial charge is 0.353 e. The van der Waals surface area contributed by atoms with E-state index in [2.05, 4.69) is 21.7 Å². The number of aryl methyl sites for hydroxylation is 1. The summed E-state index contributed by atoms with van der Waals surface area (Å²) in [7, 11) is 0. The highest BCUT2D eigenvalue weighted by molar-refractivity contribution is 7.07. The highest BCUT2D eigenvalue weighted by Crippen LogP contribution is 2.15. The molecule has 2 rings (SSSR count). The molecule has 0 unspecified atom stereocenters. The fraction of sp³-hybridized carbons (Fsp3) is 0.389. The van der Waals surface area contributed by atoms with Gasteiger partial charge in [0.15, 0.2) is 0 Å². The topological polar surface area (TPSA) is 85.8 Å². The highest BCUT2D eigenvalue weighted by atomic mass is 32.1. The number of aromatic nitrogens is 1. The van der Waals surface area contributed by atoms with Crippen molar-refractivity contribution in [2.24, 2.45) is 0 Å². The Morgan fingerprint density at radius 1 is 1.46 bits per heavy atom. The van der Waals surface area contributed by atoms with Crippen molar-refractivity contribution in [2.75, 3.05) is 0 Å². The van der Waals surface area contributed by atoms with Gasteiger partial charge in [-0.3, -0.25) is 9.59 Å². The van der Waals surface area contributed by atoms with E-state index >= 15 is 0 Å². The number of rotatable bonds is 6. The molecule has 2 aromatic heterocycles. The van der Waals surface area contributed by atoms with E-state index in [0.29, 0.717) is 18.4 Å². The second kappa shape index (κ2) is 7.93. The lowest BCUT2D eigenvalue weighted by Crippen LogP contribution is -2.34. The van der Waals surface area contributed by atoms with Crippen molar-refractivity contribution < 1.29 is 4.79 Å². The van der Waals surface area contributed by atoms with Gasteiger partial charge < -0.3 is 10.3 Å². The third kappa shape index (κ3) is 4.33. The standard InChI is InChI=1S/C18H21N3O2S/c1-11(8-14-6-7-24-10-14)20-17(22)5-4-15-12(2)16(9-19)18(23)21-13(15)3/h6-7,10-11H,4-5,8H2,1-3H3,(H,20,22)(H,21,23)/t11-/m1/s1. The second-order valence-corrected chi connectivity index (χ2v) is 6.75. The maximum atomic E-state index is 12.2. The van der Waals surface area contributed by atoms with Gasteiger partial charge in [0.25, 0.3) is 5.56 Å². The number of thiophene rings is 1. The zero-order chi connectivity index (χ0) is 17.7. The molecule has 0 aromatic carbocycles. The Bertz CT molecular complexity index is 816. The zero-order valence-corrected chi connectivity index (χ0v) is 14.9. The van der Waals surface area contributed by atoms with Crippen molar-refractivity contribution >= 4 is 17.2 Å². The Kier molecular flexibility index (Phi) is 5.93. The molecule has 0 saturated heterocycles. The maximum Gasteiger partial charge on any atom is 0.266 e. The van der Waals surface area contributed by atoms with Crippen molar-refractivity contribution in [2.45, 2.75) is 46.1 Å². The van der Waals surface area contributed by atoms with E-state index in [1.54, 1.807) is 25.2 Å². The van der Waals surface area contributed by atoms with Gasteiger partial charge in [0.2, 0.25) is 5.91 Å². The molecule has 0 fully saturated rings. The normalized spacial score (nSPS) is 11.8. The average molecular weight is 343 g/mol. The Morgan fingerprint density at radius 2 is 2.21 bits per heavy atom. The number of amides is 1. The van der Waals surface area contributed by atoms with Gasteiger partial charge in [-0.05, 0) is 67.1 Å². The number of hydrogen-bond acceptors (Lipinski definition) is 4. The lowest BCUT2D eigenvalue weighted by molar-refractivity contribution is -0.121. The minimum atomic E-state index is -0.370. The maximum absolute atomic E-state index is 12.2. The van der Waals surface area contributed by atoms with Crippen molar-refractivity contribution in [1.82, 2.24) is 10.3 Å². The summed E-state index contributed by atoms with van der Waals surface area (Å²) in [5.74, 6) is -0.0266. The van der Waals surface area contributed by atoms with Crippen molar-refractivity contribution in [3.05, 3.63) is 55.1 Å². The molecule has 24 heavy (non-hydrogen) atoms. The van der Waals surface area contributed by atoms with Crippen LogP contribution >= 0.6 is 11.3 Å². The summed E-state index contributed by atoms with van der Waals surface area (Å²) in [4.78, 5) is 26.6. The molecule has 6 heteroatoms. The van der Waals surface area contributed by atoms with E-state index in [9.17, 15) is 9.59 Å². The molecule has 2 N–H and O–H groups in total. The SMILES string of the molecule is Cc1[nH]c(=O)c(C#N)c(C)c1CCC(=O)N[C@H](C)Cc1ccsc1. The Hall–Kier alpha value is -2.39. The van der Waals surface area contributed by atoms with Crippen LogP contribution in [0.4, 0.5) is 0 Å². The fourth-order valence-electron chi connectivity index (χ4n) is 2.82. The number of carbonyl (C=O) groups excluding carboxylic acids is 1. The predicted octanol–water partition coefficient (Wildman–Crippen LogP) is 2.60. The third-order valence-electron chi connectivity index (χ3n) is 4.05. The van der Waals surface area contributed by atoms with Crippen LogP contribution in [0.25, 0.3) is 0 Å². The summed E-state index contributed by atoms with van der Waals surface area (Å²) in [6.45, 7) is 5.54. The van der Waals surface area contributed by atoms with E-state index in [0.717, 1.165) is 17.7 Å². The van der Waals surface area contributed by atoms with E-state index in [-0.39, 0.29) is 23.1 Å². The molecule has 126 valence electrons. The summed E-state index contributed by atoms with van der Waals surface area (Å²) in [6.07, 6.45) is 1.64. The number of aromatic amines is 1. The first-order valence-electron chi connectivity index (χ1n) is 7.85. The molecule has 1 amide bonds. The van der Waals surface area contributed by atoms with Gasteiger partial charge in [0, 0.05) is 18.2 Å². The number of nitriles is 1. The summed E-state index contributed by atoms with van der Waals surface area (Å²) in [5, 5.41) is 16.2. The van der Waals surface area contributed by atoms with Crippen molar-refractivity contribution in [3.8, 4) is 6.07 Å². The minimum Gasteiger partial charge on any atom is -0.353 e. The smallest absolute Gasteiger partial charge is 0.266 e. The molecule has 2 aromatic rings. The molecular formula is C18H21N3O2S. The number of hydrogen-bond donors (Lipinski definition) is 2. The second-order valence-electron chi connectivity index (χ2n) is 5.97. The first kappa shape index (κ1) is 18.0. The Labute approximate surface area is 145 Å². The molecule has 0 radical (unpaired) electrons. The van der Waals surface area contributed by atoms with Crippen LogP contribution in [0.3, 0.4) is 0 Å². The van der Waals surface area contributed by atoms with Gasteiger partial charge in [-0.2, -0.15) is 16.6 Å². The quantitative estimate of drug-likeness (QED) is 0.845. The molecular weight excluding hydrogens is 322 g/mol. The number of pyridine rings is 1. The summed E-state index contributed by atoms with van der Waals surface area (Å²) >= 11 is 1.65. The number of nitrogens with one attached hydrogen (secondary N) is 2. The number of H-pyrrole nitrogens is 1. The van der Waals surface area contributed by atoms with Crippen LogP contribution in [0.5, 0.6) is 0 Å². The van der Waals surface area contributed by atoms with Crippen LogP contribution in [-0.4, -0.2) is 16.9 Å². The third-order valence-corrected chi connectivity index (χ3v) is 4.78. The average Bonchev–Trinajstić information content (AvgIpc) is 2.99. The monoisotopic (exact) mass is 343 g/mol. The lowest BCUT2D eigenvalue weighted by atomic mass is 9.99. The van der Waals surface area contributed by atoms with Gasteiger partial charge in [-0.25, -0.2) is 0 Å². The molecule has 2 heterocycles. The molecule has 5 nitrogen and oxygen atoms in total. The van der Waals surface area contributed by atoms with Gasteiger partial charge in [-0.1, -0.05) is 0 Å². The van der Waals surface area contributed by atoms with Crippen LogP contribution in [0.1, 0.15) is 41.3 Å². The van der Waals surface area contributed by atoms with E-state index in [4.69, 9.17) is 5.26 Å². The summed E-state index contributed by atoms with van der Waals surface area (Å²) in [6, 6.07) is 4.06. The number of nitrogens with zero attached hydrogens (tertiary/aromatic N) is 1. The Balaban J connectivity index is 1.97. The minimum absolute atomic E-state index is 0.0266. The molecule has 0 bridgehead atoms. The van der Waals surface area contributed by atoms with E-state index < -0.39 is 0 Å².